The van der Waals surface area contributed by atoms with Crippen molar-refractivity contribution in [2.45, 2.75) is 26.4 Å². The predicted molar refractivity (Wildman–Crippen MR) is 112 cm³/mol. The fourth-order valence-electron chi connectivity index (χ4n) is 3.34. The number of carbonyl (C=O) groups excluding carboxylic acids is 1. The maximum Gasteiger partial charge on any atom is 0.338 e. The third kappa shape index (κ3) is 4.49. The highest BCUT2D eigenvalue weighted by molar-refractivity contribution is 6.31. The molecule has 1 unspecified atom stereocenters. The molecular weight excluding hydrogens is 423 g/mol. The second kappa shape index (κ2) is 9.54. The van der Waals surface area contributed by atoms with Crippen LogP contribution in [0.15, 0.2) is 65.3 Å². The van der Waals surface area contributed by atoms with Gasteiger partial charge in [0.1, 0.15) is 35.6 Å². The molecule has 6 nitrogen and oxygen atoms in total. The third-order valence-electron chi connectivity index (χ3n) is 4.76. The Labute approximate surface area is 184 Å². The van der Waals surface area contributed by atoms with Gasteiger partial charge in [-0.25, -0.2) is 9.18 Å². The molecule has 0 saturated heterocycles. The van der Waals surface area contributed by atoms with Crippen LogP contribution in [-0.2, 0) is 20.9 Å². The summed E-state index contributed by atoms with van der Waals surface area (Å²) < 4.78 is 30.6. The van der Waals surface area contributed by atoms with Crippen molar-refractivity contribution in [1.82, 2.24) is 0 Å². The average Bonchev–Trinajstić information content (AvgIpc) is 2.73. The number of nitriles is 1. The predicted octanol–water partition coefficient (Wildman–Crippen LogP) is 4.70. The molecule has 3 rings (SSSR count). The Morgan fingerprint density at radius 3 is 2.71 bits per heavy atom. The average molecular weight is 443 g/mol. The highest BCUT2D eigenvalue weighted by Gasteiger charge is 2.37. The molecule has 0 aromatic heterocycles. The highest BCUT2D eigenvalue weighted by Crippen LogP contribution is 2.43. The molecule has 1 aliphatic rings. The number of halogens is 2. The molecule has 1 heterocycles. The summed E-state index contributed by atoms with van der Waals surface area (Å²) >= 11 is 6.10. The summed E-state index contributed by atoms with van der Waals surface area (Å²) in [4.78, 5) is 12.7. The monoisotopic (exact) mass is 442 g/mol. The van der Waals surface area contributed by atoms with Gasteiger partial charge >= 0.3 is 5.97 Å². The molecule has 1 atom stereocenters. The zero-order valence-corrected chi connectivity index (χ0v) is 17.7. The van der Waals surface area contributed by atoms with Gasteiger partial charge in [-0.3, -0.25) is 0 Å². The molecular formula is C23H20ClFN2O4. The van der Waals surface area contributed by atoms with Crippen LogP contribution in [0.3, 0.4) is 0 Å². The van der Waals surface area contributed by atoms with E-state index in [0.29, 0.717) is 11.3 Å². The van der Waals surface area contributed by atoms with Crippen molar-refractivity contribution in [2.75, 3.05) is 6.61 Å². The van der Waals surface area contributed by atoms with Crippen molar-refractivity contribution < 1.29 is 23.4 Å². The summed E-state index contributed by atoms with van der Waals surface area (Å²) in [6.07, 6.45) is 0. The third-order valence-corrected chi connectivity index (χ3v) is 5.12. The molecule has 8 heteroatoms. The number of carbonyl (C=O) groups is 1. The minimum Gasteiger partial charge on any atom is -0.488 e. The summed E-state index contributed by atoms with van der Waals surface area (Å²) in [6, 6.07) is 13.2. The number of hydrogen-bond acceptors (Lipinski definition) is 6. The maximum absolute atomic E-state index is 14.2. The van der Waals surface area contributed by atoms with Crippen LogP contribution in [0.25, 0.3) is 0 Å². The second-order valence-corrected chi connectivity index (χ2v) is 7.05. The smallest absolute Gasteiger partial charge is 0.338 e. The first-order chi connectivity index (χ1) is 14.9. The van der Waals surface area contributed by atoms with Gasteiger partial charge in [0.05, 0.1) is 23.1 Å². The standard InChI is InChI=1S/C23H20ClFN2O4/c1-3-29-23(28)20-13(2)31-22(27)15(11-26)21(20)14-7-4-5-10-19(14)30-12-16-17(24)8-6-9-18(16)25/h4-10,21H,3,12,27H2,1-2H3. The Kier molecular flexibility index (Phi) is 6.83. The quantitative estimate of drug-likeness (QED) is 0.651. The van der Waals surface area contributed by atoms with Crippen LogP contribution in [0.5, 0.6) is 5.75 Å². The molecule has 0 saturated carbocycles. The first kappa shape index (κ1) is 22.2. The van der Waals surface area contributed by atoms with Crippen LogP contribution < -0.4 is 10.5 Å². The fourth-order valence-corrected chi connectivity index (χ4v) is 3.55. The summed E-state index contributed by atoms with van der Waals surface area (Å²) in [5, 5.41) is 9.96. The van der Waals surface area contributed by atoms with E-state index in [1.807, 2.05) is 6.07 Å². The van der Waals surface area contributed by atoms with E-state index in [0.717, 1.165) is 0 Å². The number of esters is 1. The summed E-state index contributed by atoms with van der Waals surface area (Å²) in [6.45, 7) is 3.25. The second-order valence-electron chi connectivity index (χ2n) is 6.64. The summed E-state index contributed by atoms with van der Waals surface area (Å²) in [5.41, 5.74) is 6.81. The van der Waals surface area contributed by atoms with E-state index >= 15 is 0 Å². The lowest BCUT2D eigenvalue weighted by Gasteiger charge is -2.28. The van der Waals surface area contributed by atoms with E-state index < -0.39 is 17.7 Å². The van der Waals surface area contributed by atoms with Crippen molar-refractivity contribution in [3.05, 3.63) is 87.2 Å². The van der Waals surface area contributed by atoms with Gasteiger partial charge in [-0.15, -0.1) is 0 Å². The van der Waals surface area contributed by atoms with E-state index in [2.05, 4.69) is 0 Å². The van der Waals surface area contributed by atoms with Gasteiger partial charge in [0.15, 0.2) is 0 Å². The van der Waals surface area contributed by atoms with Gasteiger partial charge in [-0.05, 0) is 32.0 Å². The molecule has 0 aliphatic carbocycles. The summed E-state index contributed by atoms with van der Waals surface area (Å²) in [5.74, 6) is -1.54. The topological polar surface area (TPSA) is 94.6 Å². The molecule has 1 aliphatic heterocycles. The normalized spacial score (nSPS) is 15.9. The van der Waals surface area contributed by atoms with E-state index in [1.165, 1.54) is 12.1 Å². The lowest BCUT2D eigenvalue weighted by molar-refractivity contribution is -0.139. The fraction of sp³-hybridized carbons (Fsp3) is 0.217. The number of allylic oxidation sites excluding steroid dienone is 2. The van der Waals surface area contributed by atoms with Gasteiger partial charge in [-0.2, -0.15) is 5.26 Å². The summed E-state index contributed by atoms with van der Waals surface area (Å²) in [7, 11) is 0. The molecule has 160 valence electrons. The van der Waals surface area contributed by atoms with Crippen molar-refractivity contribution in [3.8, 4) is 11.8 Å². The Morgan fingerprint density at radius 1 is 1.29 bits per heavy atom. The van der Waals surface area contributed by atoms with Crippen LogP contribution in [0, 0.1) is 17.1 Å². The Balaban J connectivity index is 2.06. The van der Waals surface area contributed by atoms with Crippen molar-refractivity contribution in [3.63, 3.8) is 0 Å². The maximum atomic E-state index is 14.2. The van der Waals surface area contributed by atoms with Gasteiger partial charge < -0.3 is 19.9 Å². The van der Waals surface area contributed by atoms with Crippen LogP contribution in [0.1, 0.15) is 30.9 Å². The number of hydrogen-bond donors (Lipinski definition) is 1. The molecule has 2 N–H and O–H groups in total. The van der Waals surface area contributed by atoms with Crippen molar-refractivity contribution in [1.29, 1.82) is 5.26 Å². The van der Waals surface area contributed by atoms with Gasteiger partial charge in [0.2, 0.25) is 5.88 Å². The van der Waals surface area contributed by atoms with Crippen molar-refractivity contribution in [2.24, 2.45) is 5.73 Å². The van der Waals surface area contributed by atoms with Crippen LogP contribution >= 0.6 is 11.6 Å². The molecule has 0 bridgehead atoms. The first-order valence-electron chi connectivity index (χ1n) is 9.49. The SMILES string of the molecule is CCOC(=O)C1=C(C)OC(N)=C(C#N)C1c1ccccc1OCc1c(F)cccc1Cl. The lowest BCUT2D eigenvalue weighted by Crippen LogP contribution is -2.26. The Morgan fingerprint density at radius 2 is 2.03 bits per heavy atom. The molecule has 2 aromatic rings. The molecule has 31 heavy (non-hydrogen) atoms. The molecule has 0 spiro atoms. The minimum atomic E-state index is -0.870. The van der Waals surface area contributed by atoms with E-state index in [9.17, 15) is 14.4 Å². The lowest BCUT2D eigenvalue weighted by atomic mass is 9.82. The first-order valence-corrected chi connectivity index (χ1v) is 9.86. The van der Waals surface area contributed by atoms with E-state index in [4.69, 9.17) is 31.5 Å². The van der Waals surface area contributed by atoms with Crippen LogP contribution in [0.2, 0.25) is 5.02 Å². The van der Waals surface area contributed by atoms with Gasteiger partial charge in [0.25, 0.3) is 0 Å². The number of nitrogens with zero attached hydrogens (tertiary/aromatic N) is 1. The van der Waals surface area contributed by atoms with Crippen molar-refractivity contribution >= 4 is 17.6 Å². The van der Waals surface area contributed by atoms with E-state index in [-0.39, 0.29) is 46.6 Å². The highest BCUT2D eigenvalue weighted by atomic mass is 35.5. The number of rotatable bonds is 6. The zero-order chi connectivity index (χ0) is 22.5. The Hall–Kier alpha value is -3.50. The molecule has 0 fully saturated rings. The number of benzene rings is 2. The molecule has 0 amide bonds. The Bertz CT molecular complexity index is 1100. The number of para-hydroxylation sites is 1. The van der Waals surface area contributed by atoms with Gasteiger partial charge in [-0.1, -0.05) is 35.9 Å². The van der Waals surface area contributed by atoms with Crippen LogP contribution in [-0.4, -0.2) is 12.6 Å². The molecule has 2 aromatic carbocycles. The minimum absolute atomic E-state index is 0.0497. The van der Waals surface area contributed by atoms with Gasteiger partial charge in [0, 0.05) is 11.1 Å². The molecule has 0 radical (unpaired) electrons. The zero-order valence-electron chi connectivity index (χ0n) is 16.9. The number of ether oxygens (including phenoxy) is 3. The number of nitrogens with two attached hydrogens (primary N) is 1. The van der Waals surface area contributed by atoms with Crippen LogP contribution in [0.4, 0.5) is 4.39 Å². The largest absolute Gasteiger partial charge is 0.488 e. The van der Waals surface area contributed by atoms with E-state index in [1.54, 1.807) is 44.2 Å².